The van der Waals surface area contributed by atoms with Crippen LogP contribution in [0.4, 0.5) is 5.69 Å². The fourth-order valence-corrected chi connectivity index (χ4v) is 3.26. The fraction of sp³-hybridized carbons (Fsp3) is 0.389. The van der Waals surface area contributed by atoms with Crippen molar-refractivity contribution >= 4 is 16.8 Å². The molecule has 0 spiro atoms. The van der Waals surface area contributed by atoms with Crippen LogP contribution in [0.15, 0.2) is 35.1 Å². The van der Waals surface area contributed by atoms with Crippen molar-refractivity contribution in [3.63, 3.8) is 0 Å². The minimum absolute atomic E-state index is 0.243. The van der Waals surface area contributed by atoms with Crippen LogP contribution in [0, 0.1) is 6.92 Å². The molecule has 4 heterocycles. The standard InChI is InChI=1S/C18H20N4O2/c1-12-17-18(24-21-12)16(22-8-4-6-14(11-22)23-2)9-15(20-17)13-5-3-7-19-10-13/h3,5,7,9-10,14H,4,6,8,11H2,1-2H3. The van der Waals surface area contributed by atoms with Crippen LogP contribution >= 0.6 is 0 Å². The summed E-state index contributed by atoms with van der Waals surface area (Å²) in [6, 6.07) is 6.01. The minimum atomic E-state index is 0.243. The number of fused-ring (bicyclic) bond motifs is 1. The average Bonchev–Trinajstić information content (AvgIpc) is 3.03. The molecule has 3 aromatic heterocycles. The fourth-order valence-electron chi connectivity index (χ4n) is 3.26. The molecule has 6 nitrogen and oxygen atoms in total. The second-order valence-corrected chi connectivity index (χ2v) is 6.16. The Morgan fingerprint density at radius 2 is 2.29 bits per heavy atom. The van der Waals surface area contributed by atoms with Gasteiger partial charge in [-0.15, -0.1) is 0 Å². The Balaban J connectivity index is 1.84. The van der Waals surface area contributed by atoms with E-state index in [1.165, 1.54) is 0 Å². The maximum Gasteiger partial charge on any atom is 0.208 e. The van der Waals surface area contributed by atoms with Gasteiger partial charge in [-0.05, 0) is 38.0 Å². The molecule has 24 heavy (non-hydrogen) atoms. The van der Waals surface area contributed by atoms with Gasteiger partial charge in [0.1, 0.15) is 11.2 Å². The number of aryl methyl sites for hydroxylation is 1. The van der Waals surface area contributed by atoms with E-state index in [2.05, 4.69) is 21.1 Å². The van der Waals surface area contributed by atoms with Crippen molar-refractivity contribution in [1.29, 1.82) is 0 Å². The van der Waals surface area contributed by atoms with Crippen LogP contribution in [0.5, 0.6) is 0 Å². The van der Waals surface area contributed by atoms with E-state index < -0.39 is 0 Å². The lowest BCUT2D eigenvalue weighted by Crippen LogP contribution is -2.39. The Kier molecular flexibility index (Phi) is 3.90. The summed E-state index contributed by atoms with van der Waals surface area (Å²) in [6.07, 6.45) is 6.02. The molecule has 1 saturated heterocycles. The highest BCUT2D eigenvalue weighted by Crippen LogP contribution is 2.33. The molecule has 1 aliphatic rings. The molecule has 0 saturated carbocycles. The van der Waals surface area contributed by atoms with E-state index in [9.17, 15) is 0 Å². The van der Waals surface area contributed by atoms with E-state index in [1.54, 1.807) is 13.3 Å². The quantitative estimate of drug-likeness (QED) is 0.737. The highest BCUT2D eigenvalue weighted by molar-refractivity contribution is 5.90. The lowest BCUT2D eigenvalue weighted by molar-refractivity contribution is 0.0893. The molecule has 0 bridgehead atoms. The Hall–Kier alpha value is -2.47. The Labute approximate surface area is 140 Å². The summed E-state index contributed by atoms with van der Waals surface area (Å²) in [4.78, 5) is 11.3. The molecule has 0 aliphatic carbocycles. The maximum absolute atomic E-state index is 5.58. The van der Waals surface area contributed by atoms with Crippen LogP contribution < -0.4 is 4.90 Å². The molecule has 124 valence electrons. The van der Waals surface area contributed by atoms with Gasteiger partial charge >= 0.3 is 0 Å². The van der Waals surface area contributed by atoms with Crippen molar-refractivity contribution in [2.24, 2.45) is 0 Å². The SMILES string of the molecule is COC1CCCN(c2cc(-c3cccnc3)nc3c(C)noc23)C1. The molecule has 1 atom stereocenters. The highest BCUT2D eigenvalue weighted by atomic mass is 16.5. The molecule has 1 unspecified atom stereocenters. The van der Waals surface area contributed by atoms with Gasteiger partial charge < -0.3 is 14.2 Å². The summed E-state index contributed by atoms with van der Waals surface area (Å²) in [6.45, 7) is 3.75. The summed E-state index contributed by atoms with van der Waals surface area (Å²) >= 11 is 0. The molecule has 0 radical (unpaired) electrons. The van der Waals surface area contributed by atoms with Crippen LogP contribution in [-0.4, -0.2) is 41.4 Å². The third kappa shape index (κ3) is 2.63. The van der Waals surface area contributed by atoms with Crippen LogP contribution in [0.25, 0.3) is 22.4 Å². The first-order chi connectivity index (χ1) is 11.8. The molecule has 3 aromatic rings. The summed E-state index contributed by atoms with van der Waals surface area (Å²) in [5.41, 5.74) is 5.26. The number of aromatic nitrogens is 3. The van der Waals surface area contributed by atoms with Crippen molar-refractivity contribution in [2.45, 2.75) is 25.9 Å². The van der Waals surface area contributed by atoms with Crippen LogP contribution in [0.3, 0.4) is 0 Å². The van der Waals surface area contributed by atoms with Gasteiger partial charge in [0.25, 0.3) is 0 Å². The first-order valence-corrected chi connectivity index (χ1v) is 8.21. The average molecular weight is 324 g/mol. The number of methoxy groups -OCH3 is 1. The molecule has 1 fully saturated rings. The second-order valence-electron chi connectivity index (χ2n) is 6.16. The molecule has 4 rings (SSSR count). The zero-order valence-electron chi connectivity index (χ0n) is 13.9. The van der Waals surface area contributed by atoms with Crippen molar-refractivity contribution in [3.8, 4) is 11.3 Å². The number of piperidine rings is 1. The highest BCUT2D eigenvalue weighted by Gasteiger charge is 2.24. The van der Waals surface area contributed by atoms with E-state index in [-0.39, 0.29) is 6.10 Å². The van der Waals surface area contributed by atoms with Gasteiger partial charge in [0.15, 0.2) is 0 Å². The van der Waals surface area contributed by atoms with Gasteiger partial charge in [-0.3, -0.25) is 4.98 Å². The third-order valence-electron chi connectivity index (χ3n) is 4.58. The molecule has 1 aliphatic heterocycles. The lowest BCUT2D eigenvalue weighted by atomic mass is 10.1. The molecule has 6 heteroatoms. The van der Waals surface area contributed by atoms with Crippen LogP contribution in [-0.2, 0) is 4.74 Å². The number of anilines is 1. The van der Waals surface area contributed by atoms with Gasteiger partial charge in [-0.25, -0.2) is 4.98 Å². The summed E-state index contributed by atoms with van der Waals surface area (Å²) < 4.78 is 11.1. The monoisotopic (exact) mass is 324 g/mol. The zero-order chi connectivity index (χ0) is 16.5. The van der Waals surface area contributed by atoms with Gasteiger partial charge in [0.05, 0.1) is 17.5 Å². The van der Waals surface area contributed by atoms with Gasteiger partial charge in [-0.1, -0.05) is 5.16 Å². The van der Waals surface area contributed by atoms with Crippen molar-refractivity contribution in [1.82, 2.24) is 15.1 Å². The van der Waals surface area contributed by atoms with Crippen molar-refractivity contribution < 1.29 is 9.26 Å². The summed E-state index contributed by atoms with van der Waals surface area (Å²) in [5, 5.41) is 4.11. The lowest BCUT2D eigenvalue weighted by Gasteiger charge is -2.33. The smallest absolute Gasteiger partial charge is 0.208 e. The Bertz CT molecular complexity index is 847. The zero-order valence-corrected chi connectivity index (χ0v) is 13.9. The van der Waals surface area contributed by atoms with Crippen molar-refractivity contribution in [2.75, 3.05) is 25.1 Å². The van der Waals surface area contributed by atoms with Gasteiger partial charge in [0, 0.05) is 38.2 Å². The van der Waals surface area contributed by atoms with E-state index in [4.69, 9.17) is 14.2 Å². The topological polar surface area (TPSA) is 64.3 Å². The number of ether oxygens (including phenoxy) is 1. The number of rotatable bonds is 3. The second kappa shape index (κ2) is 6.20. The molecular formula is C18H20N4O2. The normalized spacial score (nSPS) is 18.2. The minimum Gasteiger partial charge on any atom is -0.380 e. The van der Waals surface area contributed by atoms with Crippen LogP contribution in [0.1, 0.15) is 18.5 Å². The molecule has 0 aromatic carbocycles. The summed E-state index contributed by atoms with van der Waals surface area (Å²) in [7, 11) is 1.77. The first-order valence-electron chi connectivity index (χ1n) is 8.21. The van der Waals surface area contributed by atoms with E-state index in [0.29, 0.717) is 0 Å². The third-order valence-corrected chi connectivity index (χ3v) is 4.58. The maximum atomic E-state index is 5.58. The van der Waals surface area contributed by atoms with E-state index in [1.807, 2.05) is 25.3 Å². The van der Waals surface area contributed by atoms with Crippen LogP contribution in [0.2, 0.25) is 0 Å². The number of hydrogen-bond acceptors (Lipinski definition) is 6. The molecular weight excluding hydrogens is 304 g/mol. The Morgan fingerprint density at radius 1 is 1.38 bits per heavy atom. The molecule has 0 N–H and O–H groups in total. The largest absolute Gasteiger partial charge is 0.380 e. The first kappa shape index (κ1) is 15.1. The number of pyridine rings is 2. The van der Waals surface area contributed by atoms with E-state index >= 15 is 0 Å². The van der Waals surface area contributed by atoms with Crippen molar-refractivity contribution in [3.05, 3.63) is 36.3 Å². The summed E-state index contributed by atoms with van der Waals surface area (Å²) in [5.74, 6) is 0. The van der Waals surface area contributed by atoms with E-state index in [0.717, 1.165) is 59.7 Å². The Morgan fingerprint density at radius 3 is 3.08 bits per heavy atom. The predicted molar refractivity (Wildman–Crippen MR) is 92.0 cm³/mol. The predicted octanol–water partition coefficient (Wildman–Crippen LogP) is 3.21. The molecule has 0 amide bonds. The van der Waals surface area contributed by atoms with Gasteiger partial charge in [-0.2, -0.15) is 0 Å². The van der Waals surface area contributed by atoms with Gasteiger partial charge in [0.2, 0.25) is 5.58 Å². The number of hydrogen-bond donors (Lipinski definition) is 0. The number of nitrogens with zero attached hydrogens (tertiary/aromatic N) is 4.